The molecule has 2 aromatic rings. The second-order valence-electron chi connectivity index (χ2n) is 3.18. The zero-order valence-electron chi connectivity index (χ0n) is 8.34. The third-order valence-electron chi connectivity index (χ3n) is 1.98. The third kappa shape index (κ3) is 2.62. The molecule has 1 amide bonds. The number of hydrogen-bond donors (Lipinski definition) is 1. The lowest BCUT2D eigenvalue weighted by Gasteiger charge is -2.04. The fraction of sp³-hybridized carbons (Fsp3) is 0. The van der Waals surface area contributed by atoms with Gasteiger partial charge >= 0.3 is 0 Å². The van der Waals surface area contributed by atoms with Crippen molar-refractivity contribution in [1.29, 1.82) is 0 Å². The number of benzene rings is 1. The van der Waals surface area contributed by atoms with Gasteiger partial charge in [-0.25, -0.2) is 8.78 Å². The second kappa shape index (κ2) is 4.55. The predicted molar refractivity (Wildman–Crippen MR) is 58.0 cm³/mol. The SMILES string of the molecule is O=C(Nc1ccc(F)cc1F)c1ccc(Cl)o1. The Hall–Kier alpha value is -1.88. The van der Waals surface area contributed by atoms with Crippen LogP contribution in [0.2, 0.25) is 5.22 Å². The Labute approximate surface area is 100.0 Å². The van der Waals surface area contributed by atoms with Crippen LogP contribution >= 0.6 is 11.6 Å². The zero-order valence-corrected chi connectivity index (χ0v) is 9.09. The van der Waals surface area contributed by atoms with Gasteiger partial charge in [0, 0.05) is 6.07 Å². The van der Waals surface area contributed by atoms with E-state index in [2.05, 4.69) is 5.32 Å². The molecule has 0 aliphatic heterocycles. The monoisotopic (exact) mass is 257 g/mol. The van der Waals surface area contributed by atoms with Crippen molar-refractivity contribution in [3.63, 3.8) is 0 Å². The first kappa shape index (κ1) is 11.6. The van der Waals surface area contributed by atoms with Crippen molar-refractivity contribution < 1.29 is 18.0 Å². The maximum Gasteiger partial charge on any atom is 0.291 e. The molecule has 0 aliphatic carbocycles. The van der Waals surface area contributed by atoms with Gasteiger partial charge in [0.2, 0.25) is 0 Å². The molecule has 1 N–H and O–H groups in total. The summed E-state index contributed by atoms with van der Waals surface area (Å²) in [5.41, 5.74) is -0.135. The largest absolute Gasteiger partial charge is 0.440 e. The minimum atomic E-state index is -0.865. The highest BCUT2D eigenvalue weighted by molar-refractivity contribution is 6.29. The molecular weight excluding hydrogens is 252 g/mol. The van der Waals surface area contributed by atoms with E-state index in [1.165, 1.54) is 12.1 Å². The first-order valence-electron chi connectivity index (χ1n) is 4.58. The number of carbonyl (C=O) groups is 1. The van der Waals surface area contributed by atoms with Gasteiger partial charge < -0.3 is 9.73 Å². The molecule has 1 aromatic heterocycles. The van der Waals surface area contributed by atoms with Crippen LogP contribution in [0, 0.1) is 11.6 Å². The van der Waals surface area contributed by atoms with Gasteiger partial charge in [0.1, 0.15) is 11.6 Å². The van der Waals surface area contributed by atoms with E-state index in [0.717, 1.165) is 12.1 Å². The lowest BCUT2D eigenvalue weighted by atomic mass is 10.3. The van der Waals surface area contributed by atoms with Gasteiger partial charge in [-0.05, 0) is 35.9 Å². The molecule has 0 fully saturated rings. The summed E-state index contributed by atoms with van der Waals surface area (Å²) in [6.45, 7) is 0. The van der Waals surface area contributed by atoms with Crippen LogP contribution in [0.25, 0.3) is 0 Å². The number of halogens is 3. The Morgan fingerprint density at radius 1 is 1.24 bits per heavy atom. The Bertz CT molecular complexity index is 568. The standard InChI is InChI=1S/C11H6ClF2NO2/c12-10-4-3-9(17-10)11(16)15-8-2-1-6(13)5-7(8)14/h1-5H,(H,15,16). The molecular formula is C11H6ClF2NO2. The van der Waals surface area contributed by atoms with Crippen molar-refractivity contribution in [3.05, 3.63) is 52.9 Å². The van der Waals surface area contributed by atoms with Crippen LogP contribution < -0.4 is 5.32 Å². The molecule has 0 bridgehead atoms. The number of hydrogen-bond acceptors (Lipinski definition) is 2. The van der Waals surface area contributed by atoms with Gasteiger partial charge in [-0.2, -0.15) is 0 Å². The van der Waals surface area contributed by atoms with Crippen LogP contribution in [0.1, 0.15) is 10.6 Å². The lowest BCUT2D eigenvalue weighted by molar-refractivity contribution is 0.0996. The average Bonchev–Trinajstić information content (AvgIpc) is 2.69. The molecule has 1 aromatic carbocycles. The van der Waals surface area contributed by atoms with E-state index in [1.54, 1.807) is 0 Å². The molecule has 1 heterocycles. The van der Waals surface area contributed by atoms with Crippen molar-refractivity contribution in [1.82, 2.24) is 0 Å². The topological polar surface area (TPSA) is 42.2 Å². The summed E-state index contributed by atoms with van der Waals surface area (Å²) in [5.74, 6) is -2.31. The minimum Gasteiger partial charge on any atom is -0.440 e. The van der Waals surface area contributed by atoms with Crippen molar-refractivity contribution in [2.24, 2.45) is 0 Å². The second-order valence-corrected chi connectivity index (χ2v) is 3.55. The van der Waals surface area contributed by atoms with E-state index in [4.69, 9.17) is 16.0 Å². The Kier molecular flexibility index (Phi) is 3.10. The summed E-state index contributed by atoms with van der Waals surface area (Å²) in [4.78, 5) is 11.5. The summed E-state index contributed by atoms with van der Waals surface area (Å²) in [5, 5.41) is 2.28. The van der Waals surface area contributed by atoms with E-state index in [1.807, 2.05) is 0 Å². The number of amides is 1. The zero-order chi connectivity index (χ0) is 12.4. The van der Waals surface area contributed by atoms with E-state index in [9.17, 15) is 13.6 Å². The molecule has 6 heteroatoms. The normalized spacial score (nSPS) is 10.3. The first-order chi connectivity index (χ1) is 8.06. The number of carbonyl (C=O) groups excluding carboxylic acids is 1. The average molecular weight is 258 g/mol. The summed E-state index contributed by atoms with van der Waals surface area (Å²) in [6.07, 6.45) is 0. The Balaban J connectivity index is 2.18. The smallest absolute Gasteiger partial charge is 0.291 e. The minimum absolute atomic E-state index is 0.0507. The number of rotatable bonds is 2. The van der Waals surface area contributed by atoms with E-state index in [0.29, 0.717) is 6.07 Å². The van der Waals surface area contributed by atoms with Gasteiger partial charge in [-0.3, -0.25) is 4.79 Å². The molecule has 0 saturated carbocycles. The highest BCUT2D eigenvalue weighted by Crippen LogP contribution is 2.18. The van der Waals surface area contributed by atoms with Gasteiger partial charge in [0.05, 0.1) is 5.69 Å². The molecule has 3 nitrogen and oxygen atoms in total. The molecule has 17 heavy (non-hydrogen) atoms. The van der Waals surface area contributed by atoms with Gasteiger partial charge in [0.15, 0.2) is 11.0 Å². The Morgan fingerprint density at radius 3 is 2.59 bits per heavy atom. The highest BCUT2D eigenvalue weighted by Gasteiger charge is 2.13. The van der Waals surface area contributed by atoms with Crippen molar-refractivity contribution >= 4 is 23.2 Å². The van der Waals surface area contributed by atoms with Crippen LogP contribution in [0.5, 0.6) is 0 Å². The third-order valence-corrected chi connectivity index (χ3v) is 2.18. The maximum absolute atomic E-state index is 13.2. The Morgan fingerprint density at radius 2 is 2.00 bits per heavy atom. The molecule has 0 unspecified atom stereocenters. The maximum atomic E-state index is 13.2. The number of nitrogens with one attached hydrogen (secondary N) is 1. The first-order valence-corrected chi connectivity index (χ1v) is 4.96. The van der Waals surface area contributed by atoms with Crippen LogP contribution in [-0.4, -0.2) is 5.91 Å². The fourth-order valence-electron chi connectivity index (χ4n) is 1.21. The van der Waals surface area contributed by atoms with Gasteiger partial charge in [-0.1, -0.05) is 0 Å². The van der Waals surface area contributed by atoms with Gasteiger partial charge in [-0.15, -0.1) is 0 Å². The summed E-state index contributed by atoms with van der Waals surface area (Å²) >= 11 is 5.49. The molecule has 2 rings (SSSR count). The van der Waals surface area contributed by atoms with Crippen molar-refractivity contribution in [2.45, 2.75) is 0 Å². The molecule has 0 radical (unpaired) electrons. The quantitative estimate of drug-likeness (QED) is 0.895. The number of furan rings is 1. The fourth-order valence-corrected chi connectivity index (χ4v) is 1.36. The van der Waals surface area contributed by atoms with Crippen LogP contribution in [0.4, 0.5) is 14.5 Å². The summed E-state index contributed by atoms with van der Waals surface area (Å²) < 4.78 is 30.7. The van der Waals surface area contributed by atoms with Crippen LogP contribution in [-0.2, 0) is 0 Å². The predicted octanol–water partition coefficient (Wildman–Crippen LogP) is 3.46. The molecule has 0 atom stereocenters. The van der Waals surface area contributed by atoms with Crippen LogP contribution in [0.15, 0.2) is 34.7 Å². The van der Waals surface area contributed by atoms with E-state index >= 15 is 0 Å². The molecule has 0 saturated heterocycles. The van der Waals surface area contributed by atoms with Crippen molar-refractivity contribution in [3.8, 4) is 0 Å². The number of anilines is 1. The molecule has 88 valence electrons. The van der Waals surface area contributed by atoms with Gasteiger partial charge in [0.25, 0.3) is 5.91 Å². The van der Waals surface area contributed by atoms with Crippen LogP contribution in [0.3, 0.4) is 0 Å². The highest BCUT2D eigenvalue weighted by atomic mass is 35.5. The summed E-state index contributed by atoms with van der Waals surface area (Å²) in [7, 11) is 0. The lowest BCUT2D eigenvalue weighted by Crippen LogP contribution is -2.12. The summed E-state index contributed by atoms with van der Waals surface area (Å²) in [6, 6.07) is 5.56. The van der Waals surface area contributed by atoms with E-state index < -0.39 is 17.5 Å². The molecule has 0 aliphatic rings. The van der Waals surface area contributed by atoms with Crippen molar-refractivity contribution in [2.75, 3.05) is 5.32 Å². The van der Waals surface area contributed by atoms with E-state index in [-0.39, 0.29) is 16.7 Å². The molecule has 0 spiro atoms.